The summed E-state index contributed by atoms with van der Waals surface area (Å²) >= 11 is 6.13. The quantitative estimate of drug-likeness (QED) is 0.517. The average Bonchev–Trinajstić information content (AvgIpc) is 3.18. The lowest BCUT2D eigenvalue weighted by Crippen LogP contribution is -2.32. The Hall–Kier alpha value is -2.08. The minimum atomic E-state index is -1.60. The molecule has 0 bridgehead atoms. The molecule has 4 nitrogen and oxygen atoms in total. The number of nitrogens with zero attached hydrogens (tertiary/aromatic N) is 2. The van der Waals surface area contributed by atoms with Crippen molar-refractivity contribution in [2.24, 2.45) is 0 Å². The number of ether oxygens (including phenoxy) is 1. The summed E-state index contributed by atoms with van der Waals surface area (Å²) in [4.78, 5) is 0. The van der Waals surface area contributed by atoms with Gasteiger partial charge in [-0.15, -0.1) is 0 Å². The van der Waals surface area contributed by atoms with Crippen molar-refractivity contribution in [3.05, 3.63) is 64.8 Å². The molecule has 2 aromatic carbocycles. The van der Waals surface area contributed by atoms with E-state index < -0.39 is 8.32 Å². The Balaban J connectivity index is 1.83. The number of fused-ring (bicyclic) bond motifs is 1. The molecular weight excluding hydrogens is 388 g/mol. The van der Waals surface area contributed by atoms with Gasteiger partial charge in [0, 0.05) is 29.0 Å². The van der Waals surface area contributed by atoms with Crippen molar-refractivity contribution in [1.29, 1.82) is 0 Å². The number of benzene rings is 2. The molecule has 1 aromatic heterocycles. The average molecular weight is 413 g/mol. The van der Waals surface area contributed by atoms with E-state index in [2.05, 4.69) is 31.8 Å². The number of halogens is 1. The zero-order valence-corrected chi connectivity index (χ0v) is 18.5. The summed E-state index contributed by atoms with van der Waals surface area (Å²) in [5.74, 6) is 0.800. The van der Waals surface area contributed by atoms with Gasteiger partial charge in [-0.05, 0) is 43.9 Å². The van der Waals surface area contributed by atoms with E-state index in [-0.39, 0.29) is 6.10 Å². The van der Waals surface area contributed by atoms with E-state index in [0.717, 1.165) is 46.3 Å². The van der Waals surface area contributed by atoms with Crippen LogP contribution in [0, 0.1) is 0 Å². The van der Waals surface area contributed by atoms with Crippen LogP contribution in [0.5, 0.6) is 5.75 Å². The standard InChI is InChI=1S/C22H25ClN2O2Si/c1-26-21-8-6-5-7-20(21)25-22(15-9-11-16(23)12-10-15)18-13-17(14-19(18)24-25)27-28(2,3)4/h5-12,17H,13-14H2,1-4H3/t17-/m0/s1. The van der Waals surface area contributed by atoms with Crippen LogP contribution in [0.3, 0.4) is 0 Å². The molecule has 1 aliphatic rings. The van der Waals surface area contributed by atoms with Crippen LogP contribution in [0.15, 0.2) is 48.5 Å². The van der Waals surface area contributed by atoms with Gasteiger partial charge in [0.05, 0.1) is 24.6 Å². The lowest BCUT2D eigenvalue weighted by atomic mass is 10.1. The molecule has 6 heteroatoms. The van der Waals surface area contributed by atoms with Crippen molar-refractivity contribution in [1.82, 2.24) is 9.78 Å². The van der Waals surface area contributed by atoms with Gasteiger partial charge >= 0.3 is 0 Å². The number of hydrogen-bond acceptors (Lipinski definition) is 3. The van der Waals surface area contributed by atoms with Crippen LogP contribution < -0.4 is 4.74 Å². The molecule has 3 aromatic rings. The van der Waals surface area contributed by atoms with Crippen molar-refractivity contribution in [2.75, 3.05) is 7.11 Å². The van der Waals surface area contributed by atoms with Crippen LogP contribution in [-0.2, 0) is 17.3 Å². The van der Waals surface area contributed by atoms with E-state index in [9.17, 15) is 0 Å². The van der Waals surface area contributed by atoms with Crippen molar-refractivity contribution in [3.8, 4) is 22.7 Å². The van der Waals surface area contributed by atoms with E-state index in [4.69, 9.17) is 25.9 Å². The third kappa shape index (κ3) is 3.74. The maximum absolute atomic E-state index is 6.38. The van der Waals surface area contributed by atoms with Gasteiger partial charge in [-0.2, -0.15) is 5.10 Å². The molecule has 0 fully saturated rings. The summed E-state index contributed by atoms with van der Waals surface area (Å²) in [6.07, 6.45) is 1.94. The Bertz CT molecular complexity index is 993. The topological polar surface area (TPSA) is 36.3 Å². The number of hydrogen-bond donors (Lipinski definition) is 0. The van der Waals surface area contributed by atoms with Crippen molar-refractivity contribution in [2.45, 2.75) is 38.6 Å². The summed E-state index contributed by atoms with van der Waals surface area (Å²) in [5, 5.41) is 5.71. The van der Waals surface area contributed by atoms with E-state index in [1.807, 2.05) is 41.1 Å². The van der Waals surface area contributed by atoms with Crippen LogP contribution in [0.25, 0.3) is 16.9 Å². The van der Waals surface area contributed by atoms with Gasteiger partial charge in [0.1, 0.15) is 11.4 Å². The molecule has 0 radical (unpaired) electrons. The second-order valence-electron chi connectivity index (χ2n) is 8.12. The zero-order valence-electron chi connectivity index (χ0n) is 16.7. The number of methoxy groups -OCH3 is 1. The maximum Gasteiger partial charge on any atom is 0.184 e. The lowest BCUT2D eigenvalue weighted by Gasteiger charge is -2.23. The second-order valence-corrected chi connectivity index (χ2v) is 13.0. The van der Waals surface area contributed by atoms with E-state index in [0.29, 0.717) is 0 Å². The molecule has 28 heavy (non-hydrogen) atoms. The maximum atomic E-state index is 6.38. The normalized spacial score (nSPS) is 16.2. The number of rotatable bonds is 5. The molecule has 0 saturated carbocycles. The first-order valence-corrected chi connectivity index (χ1v) is 13.3. The largest absolute Gasteiger partial charge is 0.494 e. The predicted octanol–water partition coefficient (Wildman–Crippen LogP) is 5.52. The van der Waals surface area contributed by atoms with Crippen molar-refractivity contribution < 1.29 is 9.16 Å². The highest BCUT2D eigenvalue weighted by Crippen LogP contribution is 2.38. The van der Waals surface area contributed by atoms with Crippen LogP contribution in [0.1, 0.15) is 11.3 Å². The van der Waals surface area contributed by atoms with Crippen LogP contribution in [0.2, 0.25) is 24.7 Å². The molecule has 4 rings (SSSR count). The smallest absolute Gasteiger partial charge is 0.184 e. The lowest BCUT2D eigenvalue weighted by molar-refractivity contribution is 0.205. The first kappa shape index (κ1) is 19.2. The van der Waals surface area contributed by atoms with Gasteiger partial charge in [-0.25, -0.2) is 4.68 Å². The zero-order chi connectivity index (χ0) is 19.9. The van der Waals surface area contributed by atoms with Crippen LogP contribution >= 0.6 is 11.6 Å². The summed E-state index contributed by atoms with van der Waals surface area (Å²) in [7, 11) is 0.0871. The van der Waals surface area contributed by atoms with Crippen molar-refractivity contribution >= 4 is 19.9 Å². The van der Waals surface area contributed by atoms with E-state index in [1.165, 1.54) is 5.56 Å². The Morgan fingerprint density at radius 1 is 1.04 bits per heavy atom. The Labute approximate surface area is 172 Å². The van der Waals surface area contributed by atoms with Crippen LogP contribution in [-0.4, -0.2) is 31.3 Å². The van der Waals surface area contributed by atoms with Crippen LogP contribution in [0.4, 0.5) is 0 Å². The summed E-state index contributed by atoms with van der Waals surface area (Å²) in [6.45, 7) is 6.70. The first-order valence-electron chi connectivity index (χ1n) is 9.53. The van der Waals surface area contributed by atoms with Gasteiger partial charge in [0.25, 0.3) is 0 Å². The molecule has 1 aliphatic carbocycles. The monoisotopic (exact) mass is 412 g/mol. The highest BCUT2D eigenvalue weighted by molar-refractivity contribution is 6.69. The fourth-order valence-electron chi connectivity index (χ4n) is 3.86. The fourth-order valence-corrected chi connectivity index (χ4v) is 5.15. The number of para-hydroxylation sites is 2. The molecular formula is C22H25ClN2O2Si. The molecule has 0 N–H and O–H groups in total. The third-order valence-electron chi connectivity index (χ3n) is 4.87. The number of aromatic nitrogens is 2. The Morgan fingerprint density at radius 2 is 1.75 bits per heavy atom. The Kier molecular flexibility index (Phi) is 5.08. The fraction of sp³-hybridized carbons (Fsp3) is 0.318. The van der Waals surface area contributed by atoms with E-state index in [1.54, 1.807) is 7.11 Å². The molecule has 0 unspecified atom stereocenters. The highest BCUT2D eigenvalue weighted by atomic mass is 35.5. The highest BCUT2D eigenvalue weighted by Gasteiger charge is 2.33. The van der Waals surface area contributed by atoms with Gasteiger partial charge in [-0.1, -0.05) is 35.9 Å². The molecule has 0 amide bonds. The summed E-state index contributed by atoms with van der Waals surface area (Å²) in [6, 6.07) is 15.9. The molecule has 0 saturated heterocycles. The molecule has 0 spiro atoms. The SMILES string of the molecule is COc1ccccc1-n1nc2c(c1-c1ccc(Cl)cc1)C[C@H](O[Si](C)(C)C)C2. The first-order chi connectivity index (χ1) is 13.4. The molecule has 146 valence electrons. The predicted molar refractivity (Wildman–Crippen MR) is 116 cm³/mol. The molecule has 1 heterocycles. The van der Waals surface area contributed by atoms with Crippen molar-refractivity contribution in [3.63, 3.8) is 0 Å². The van der Waals surface area contributed by atoms with Gasteiger partial charge in [-0.3, -0.25) is 0 Å². The van der Waals surface area contributed by atoms with E-state index >= 15 is 0 Å². The Morgan fingerprint density at radius 3 is 2.43 bits per heavy atom. The van der Waals surface area contributed by atoms with Gasteiger partial charge in [0.2, 0.25) is 0 Å². The molecule has 0 aliphatic heterocycles. The van der Waals surface area contributed by atoms with Gasteiger partial charge in [0.15, 0.2) is 8.32 Å². The third-order valence-corrected chi connectivity index (χ3v) is 6.16. The molecule has 1 atom stereocenters. The summed E-state index contributed by atoms with van der Waals surface area (Å²) in [5.41, 5.74) is 5.50. The minimum Gasteiger partial charge on any atom is -0.494 e. The second kappa shape index (κ2) is 7.39. The minimum absolute atomic E-state index is 0.211. The van der Waals surface area contributed by atoms with Gasteiger partial charge < -0.3 is 9.16 Å². The summed E-state index contributed by atoms with van der Waals surface area (Å²) < 4.78 is 14.0.